The minimum absolute atomic E-state index is 0.0149. The minimum Gasteiger partial charge on any atom is -0.487 e. The van der Waals surface area contributed by atoms with E-state index in [1.165, 1.54) is 0 Å². The Labute approximate surface area is 119 Å². The third-order valence-corrected chi connectivity index (χ3v) is 3.54. The molecule has 2 aromatic carbocycles. The van der Waals surface area contributed by atoms with Crippen LogP contribution in [0.4, 0.5) is 13.2 Å². The van der Waals surface area contributed by atoms with E-state index >= 15 is 0 Å². The first-order valence-electron chi connectivity index (χ1n) is 5.66. The molecule has 0 saturated heterocycles. The average Bonchev–Trinajstić information content (AvgIpc) is 2.38. The number of hydrogen-bond acceptors (Lipinski definition) is 3. The second-order valence-electron chi connectivity index (χ2n) is 4.16. The van der Waals surface area contributed by atoms with Crippen molar-refractivity contribution in [2.75, 3.05) is 0 Å². The lowest BCUT2D eigenvalue weighted by atomic mass is 10.2. The summed E-state index contributed by atoms with van der Waals surface area (Å²) in [6, 6.07) is 5.61. The Bertz CT molecular complexity index is 778. The summed E-state index contributed by atoms with van der Waals surface area (Å²) in [5, 5.41) is 4.95. The van der Waals surface area contributed by atoms with Gasteiger partial charge in [-0.05, 0) is 30.3 Å². The van der Waals surface area contributed by atoms with Crippen LogP contribution in [0.15, 0.2) is 41.3 Å². The second kappa shape index (κ2) is 5.74. The normalized spacial score (nSPS) is 11.4. The van der Waals surface area contributed by atoms with Gasteiger partial charge in [-0.3, -0.25) is 0 Å². The number of halogens is 3. The van der Waals surface area contributed by atoms with Crippen LogP contribution in [0.2, 0.25) is 0 Å². The molecule has 0 aliphatic rings. The van der Waals surface area contributed by atoms with E-state index in [2.05, 4.69) is 0 Å². The Morgan fingerprint density at radius 3 is 2.24 bits per heavy atom. The van der Waals surface area contributed by atoms with Crippen molar-refractivity contribution in [1.82, 2.24) is 0 Å². The van der Waals surface area contributed by atoms with Gasteiger partial charge in [0.1, 0.15) is 34.7 Å². The van der Waals surface area contributed by atoms with E-state index in [9.17, 15) is 21.6 Å². The van der Waals surface area contributed by atoms with Crippen molar-refractivity contribution >= 4 is 10.0 Å². The van der Waals surface area contributed by atoms with Crippen LogP contribution >= 0.6 is 0 Å². The summed E-state index contributed by atoms with van der Waals surface area (Å²) in [5.74, 6) is -2.61. The zero-order chi connectivity index (χ0) is 15.6. The van der Waals surface area contributed by atoms with Gasteiger partial charge in [-0.25, -0.2) is 26.7 Å². The van der Waals surface area contributed by atoms with E-state index < -0.39 is 32.4 Å². The maximum absolute atomic E-state index is 13.4. The lowest BCUT2D eigenvalue weighted by Gasteiger charge is -2.11. The average molecular weight is 317 g/mol. The fraction of sp³-hybridized carbons (Fsp3) is 0.0769. The van der Waals surface area contributed by atoms with Crippen LogP contribution in [0.1, 0.15) is 5.56 Å². The van der Waals surface area contributed by atoms with E-state index in [4.69, 9.17) is 9.88 Å². The highest BCUT2D eigenvalue weighted by Crippen LogP contribution is 2.25. The van der Waals surface area contributed by atoms with Gasteiger partial charge in [-0.1, -0.05) is 0 Å². The molecule has 0 aliphatic heterocycles. The van der Waals surface area contributed by atoms with Crippen LogP contribution in [-0.2, 0) is 16.6 Å². The molecular weight excluding hydrogens is 307 g/mol. The molecule has 0 atom stereocenters. The molecule has 0 bridgehead atoms. The molecule has 2 rings (SSSR count). The standard InChI is InChI=1S/C13H10F3NO3S/c14-9-2-1-8(11(16)5-9)7-20-12-4-3-10(15)6-13(12)21(17,18)19/h1-6H,7H2,(H2,17,18,19). The summed E-state index contributed by atoms with van der Waals surface area (Å²) in [4.78, 5) is -0.551. The first kappa shape index (κ1) is 15.3. The zero-order valence-electron chi connectivity index (χ0n) is 10.5. The van der Waals surface area contributed by atoms with Crippen LogP contribution in [0.25, 0.3) is 0 Å². The van der Waals surface area contributed by atoms with Crippen molar-refractivity contribution < 1.29 is 26.3 Å². The van der Waals surface area contributed by atoms with Gasteiger partial charge in [0.15, 0.2) is 0 Å². The first-order valence-corrected chi connectivity index (χ1v) is 7.21. The van der Waals surface area contributed by atoms with Crippen molar-refractivity contribution in [2.45, 2.75) is 11.5 Å². The zero-order valence-corrected chi connectivity index (χ0v) is 11.3. The van der Waals surface area contributed by atoms with Crippen molar-refractivity contribution in [2.24, 2.45) is 5.14 Å². The monoisotopic (exact) mass is 317 g/mol. The molecular formula is C13H10F3NO3S. The largest absolute Gasteiger partial charge is 0.487 e. The molecule has 0 radical (unpaired) electrons. The highest BCUT2D eigenvalue weighted by molar-refractivity contribution is 7.89. The van der Waals surface area contributed by atoms with Gasteiger partial charge in [0.05, 0.1) is 0 Å². The lowest BCUT2D eigenvalue weighted by Crippen LogP contribution is -2.14. The predicted molar refractivity (Wildman–Crippen MR) is 68.5 cm³/mol. The Morgan fingerprint density at radius 1 is 1.00 bits per heavy atom. The van der Waals surface area contributed by atoms with Crippen LogP contribution in [0.5, 0.6) is 5.75 Å². The third kappa shape index (κ3) is 3.73. The minimum atomic E-state index is -4.20. The highest BCUT2D eigenvalue weighted by Gasteiger charge is 2.17. The van der Waals surface area contributed by atoms with Gasteiger partial charge < -0.3 is 4.74 Å². The molecule has 0 amide bonds. The highest BCUT2D eigenvalue weighted by atomic mass is 32.2. The van der Waals surface area contributed by atoms with Gasteiger partial charge in [0.2, 0.25) is 10.0 Å². The maximum Gasteiger partial charge on any atom is 0.241 e. The molecule has 0 fully saturated rings. The van der Waals surface area contributed by atoms with Crippen LogP contribution < -0.4 is 9.88 Å². The summed E-state index contributed by atoms with van der Waals surface area (Å²) >= 11 is 0. The summed E-state index contributed by atoms with van der Waals surface area (Å²) in [7, 11) is -4.20. The summed E-state index contributed by atoms with van der Waals surface area (Å²) in [6.45, 7) is -0.361. The fourth-order valence-corrected chi connectivity index (χ4v) is 2.30. The van der Waals surface area contributed by atoms with E-state index in [0.717, 1.165) is 24.3 Å². The number of rotatable bonds is 4. The molecule has 0 aliphatic carbocycles. The molecule has 0 heterocycles. The maximum atomic E-state index is 13.4. The van der Waals surface area contributed by atoms with Crippen molar-refractivity contribution in [1.29, 1.82) is 0 Å². The summed E-state index contributed by atoms with van der Waals surface area (Å²) in [5.41, 5.74) is 0.0149. The lowest BCUT2D eigenvalue weighted by molar-refractivity contribution is 0.291. The number of sulfonamides is 1. The van der Waals surface area contributed by atoms with Gasteiger partial charge >= 0.3 is 0 Å². The number of benzene rings is 2. The Kier molecular flexibility index (Phi) is 4.19. The topological polar surface area (TPSA) is 69.4 Å². The van der Waals surface area contributed by atoms with Crippen LogP contribution in [0.3, 0.4) is 0 Å². The van der Waals surface area contributed by atoms with Crippen molar-refractivity contribution in [3.8, 4) is 5.75 Å². The SMILES string of the molecule is NS(=O)(=O)c1cc(F)ccc1OCc1ccc(F)cc1F. The molecule has 0 aromatic heterocycles. The van der Waals surface area contributed by atoms with Gasteiger partial charge in [-0.15, -0.1) is 0 Å². The summed E-state index contributed by atoms with van der Waals surface area (Å²) in [6.07, 6.45) is 0. The number of hydrogen-bond donors (Lipinski definition) is 1. The van der Waals surface area contributed by atoms with E-state index in [-0.39, 0.29) is 17.9 Å². The van der Waals surface area contributed by atoms with E-state index in [0.29, 0.717) is 12.1 Å². The molecule has 112 valence electrons. The van der Waals surface area contributed by atoms with Crippen LogP contribution in [-0.4, -0.2) is 8.42 Å². The molecule has 2 N–H and O–H groups in total. The smallest absolute Gasteiger partial charge is 0.241 e. The quantitative estimate of drug-likeness (QED) is 0.941. The second-order valence-corrected chi connectivity index (χ2v) is 5.69. The van der Waals surface area contributed by atoms with Gasteiger partial charge in [0.25, 0.3) is 0 Å². The van der Waals surface area contributed by atoms with Gasteiger partial charge in [-0.2, -0.15) is 0 Å². The molecule has 0 spiro atoms. The van der Waals surface area contributed by atoms with E-state index in [1.54, 1.807) is 0 Å². The Hall–Kier alpha value is -2.06. The number of primary sulfonamides is 1. The first-order chi connectivity index (χ1) is 9.77. The fourth-order valence-electron chi connectivity index (χ4n) is 1.62. The van der Waals surface area contributed by atoms with Crippen LogP contribution in [0, 0.1) is 17.5 Å². The number of ether oxygens (including phenoxy) is 1. The molecule has 8 heteroatoms. The van der Waals surface area contributed by atoms with Gasteiger partial charge in [0, 0.05) is 11.6 Å². The molecule has 2 aromatic rings. The molecule has 21 heavy (non-hydrogen) atoms. The van der Waals surface area contributed by atoms with Crippen molar-refractivity contribution in [3.05, 3.63) is 59.4 Å². The predicted octanol–water partition coefficient (Wildman–Crippen LogP) is 2.33. The molecule has 0 saturated carbocycles. The third-order valence-electron chi connectivity index (χ3n) is 2.61. The Morgan fingerprint density at radius 2 is 1.62 bits per heavy atom. The molecule has 0 unspecified atom stereocenters. The van der Waals surface area contributed by atoms with Crippen molar-refractivity contribution in [3.63, 3.8) is 0 Å². The number of nitrogens with two attached hydrogens (primary N) is 1. The summed E-state index contributed by atoms with van der Waals surface area (Å²) < 4.78 is 67.1. The molecule has 4 nitrogen and oxygen atoms in total. The van der Waals surface area contributed by atoms with E-state index in [1.807, 2.05) is 0 Å². The Balaban J connectivity index is 2.28.